The summed E-state index contributed by atoms with van der Waals surface area (Å²) >= 11 is 0. The van der Waals surface area contributed by atoms with Crippen molar-refractivity contribution in [3.63, 3.8) is 0 Å². The van der Waals surface area contributed by atoms with E-state index in [4.69, 9.17) is 0 Å². The van der Waals surface area contributed by atoms with Crippen LogP contribution < -0.4 is 5.32 Å². The van der Waals surface area contributed by atoms with Crippen LogP contribution in [0.2, 0.25) is 0 Å². The molecule has 4 nitrogen and oxygen atoms in total. The minimum Gasteiger partial charge on any atom is -0.314 e. The second kappa shape index (κ2) is 5.16. The molecule has 106 valence electrons. The summed E-state index contributed by atoms with van der Waals surface area (Å²) in [5.74, 6) is 0. The number of hydrogen-bond acceptors (Lipinski definition) is 3. The molecule has 20 heavy (non-hydrogen) atoms. The van der Waals surface area contributed by atoms with E-state index in [1.54, 1.807) is 10.4 Å². The molecule has 0 aliphatic carbocycles. The largest absolute Gasteiger partial charge is 0.314 e. The van der Waals surface area contributed by atoms with Crippen LogP contribution in [0, 0.1) is 0 Å². The van der Waals surface area contributed by atoms with Crippen molar-refractivity contribution in [2.45, 2.75) is 17.9 Å². The SMILES string of the molecule is C[C@@H]1CNCCN1S(=O)(=O)c1cccc2ccccc12. The molecule has 0 amide bonds. The van der Waals surface area contributed by atoms with E-state index in [0.29, 0.717) is 24.5 Å². The fourth-order valence-corrected chi connectivity index (χ4v) is 4.57. The van der Waals surface area contributed by atoms with E-state index >= 15 is 0 Å². The molecule has 1 aliphatic heterocycles. The van der Waals surface area contributed by atoms with Crippen molar-refractivity contribution in [1.82, 2.24) is 9.62 Å². The summed E-state index contributed by atoms with van der Waals surface area (Å²) < 4.78 is 27.4. The highest BCUT2D eigenvalue weighted by Gasteiger charge is 2.31. The Labute approximate surface area is 119 Å². The van der Waals surface area contributed by atoms with Crippen molar-refractivity contribution in [3.05, 3.63) is 42.5 Å². The Bertz CT molecular complexity index is 722. The van der Waals surface area contributed by atoms with Crippen LogP contribution in [-0.4, -0.2) is 38.4 Å². The van der Waals surface area contributed by atoms with E-state index in [1.165, 1.54) is 0 Å². The van der Waals surface area contributed by atoms with Crippen molar-refractivity contribution in [2.24, 2.45) is 0 Å². The Balaban J connectivity index is 2.14. The monoisotopic (exact) mass is 290 g/mol. The predicted molar refractivity (Wildman–Crippen MR) is 80.2 cm³/mol. The lowest BCUT2D eigenvalue weighted by molar-refractivity contribution is 0.284. The number of hydrogen-bond donors (Lipinski definition) is 1. The third-order valence-electron chi connectivity index (χ3n) is 3.78. The minimum atomic E-state index is -3.44. The van der Waals surface area contributed by atoms with E-state index in [1.807, 2.05) is 43.3 Å². The first-order valence-corrected chi connectivity index (χ1v) is 8.25. The molecule has 0 radical (unpaired) electrons. The normalized spacial score (nSPS) is 21.1. The van der Waals surface area contributed by atoms with Crippen LogP contribution in [0.5, 0.6) is 0 Å². The van der Waals surface area contributed by atoms with Gasteiger partial charge in [0.05, 0.1) is 4.90 Å². The lowest BCUT2D eigenvalue weighted by atomic mass is 10.1. The van der Waals surface area contributed by atoms with Crippen molar-refractivity contribution in [1.29, 1.82) is 0 Å². The summed E-state index contributed by atoms with van der Waals surface area (Å²) in [4.78, 5) is 0.407. The maximum Gasteiger partial charge on any atom is 0.244 e. The van der Waals surface area contributed by atoms with E-state index in [-0.39, 0.29) is 6.04 Å². The molecule has 1 atom stereocenters. The fraction of sp³-hybridized carbons (Fsp3) is 0.333. The quantitative estimate of drug-likeness (QED) is 0.918. The van der Waals surface area contributed by atoms with E-state index in [2.05, 4.69) is 5.32 Å². The van der Waals surface area contributed by atoms with E-state index in [0.717, 1.165) is 10.8 Å². The smallest absolute Gasteiger partial charge is 0.244 e. The zero-order valence-corrected chi connectivity index (χ0v) is 12.2. The maximum atomic E-state index is 12.9. The number of sulfonamides is 1. The molecule has 1 saturated heterocycles. The Morgan fingerprint density at radius 1 is 1.15 bits per heavy atom. The molecule has 3 rings (SSSR count). The van der Waals surface area contributed by atoms with Crippen LogP contribution >= 0.6 is 0 Å². The molecule has 1 fully saturated rings. The van der Waals surface area contributed by atoms with Crippen molar-refractivity contribution in [2.75, 3.05) is 19.6 Å². The Morgan fingerprint density at radius 3 is 2.70 bits per heavy atom. The van der Waals surface area contributed by atoms with Crippen LogP contribution in [0.15, 0.2) is 47.4 Å². The lowest BCUT2D eigenvalue weighted by Crippen LogP contribution is -2.52. The van der Waals surface area contributed by atoms with Crippen LogP contribution in [-0.2, 0) is 10.0 Å². The van der Waals surface area contributed by atoms with Gasteiger partial charge in [0.1, 0.15) is 0 Å². The standard InChI is InChI=1S/C15H18N2O2S/c1-12-11-16-9-10-17(12)20(18,19)15-8-4-6-13-5-2-3-7-14(13)15/h2-8,12,16H,9-11H2,1H3/t12-/m1/s1. The zero-order chi connectivity index (χ0) is 14.2. The number of nitrogens with one attached hydrogen (secondary N) is 1. The van der Waals surface area contributed by atoms with Gasteiger partial charge in [0.15, 0.2) is 0 Å². The van der Waals surface area contributed by atoms with Gasteiger partial charge in [-0.25, -0.2) is 8.42 Å². The third-order valence-corrected chi connectivity index (χ3v) is 5.85. The summed E-state index contributed by atoms with van der Waals surface area (Å²) in [5.41, 5.74) is 0. The highest BCUT2D eigenvalue weighted by Crippen LogP contribution is 2.27. The molecule has 0 spiro atoms. The maximum absolute atomic E-state index is 12.9. The van der Waals surface area contributed by atoms with Crippen molar-refractivity contribution in [3.8, 4) is 0 Å². The Kier molecular flexibility index (Phi) is 3.50. The average Bonchev–Trinajstić information content (AvgIpc) is 2.47. The van der Waals surface area contributed by atoms with Gasteiger partial charge in [-0.05, 0) is 18.4 Å². The first-order chi connectivity index (χ1) is 9.60. The summed E-state index contributed by atoms with van der Waals surface area (Å²) in [6.45, 7) is 3.86. The number of fused-ring (bicyclic) bond motifs is 1. The molecular formula is C15H18N2O2S. The third kappa shape index (κ3) is 2.22. The van der Waals surface area contributed by atoms with Gasteiger partial charge in [-0.2, -0.15) is 4.31 Å². The highest BCUT2D eigenvalue weighted by molar-refractivity contribution is 7.89. The summed E-state index contributed by atoms with van der Waals surface area (Å²) in [5, 5.41) is 4.97. The first kappa shape index (κ1) is 13.5. The number of rotatable bonds is 2. The molecule has 5 heteroatoms. The van der Waals surface area contributed by atoms with Crippen LogP contribution in [0.4, 0.5) is 0 Å². The molecule has 1 heterocycles. The molecule has 1 N–H and O–H groups in total. The van der Waals surface area contributed by atoms with Crippen LogP contribution in [0.25, 0.3) is 10.8 Å². The summed E-state index contributed by atoms with van der Waals surface area (Å²) in [7, 11) is -3.44. The fourth-order valence-electron chi connectivity index (χ4n) is 2.73. The summed E-state index contributed by atoms with van der Waals surface area (Å²) in [6, 6.07) is 13.0. The molecular weight excluding hydrogens is 272 g/mol. The molecule has 0 saturated carbocycles. The number of piperazine rings is 1. The molecule has 2 aromatic rings. The minimum absolute atomic E-state index is 0.0206. The molecule has 1 aliphatic rings. The van der Waals surface area contributed by atoms with Crippen LogP contribution in [0.1, 0.15) is 6.92 Å². The lowest BCUT2D eigenvalue weighted by Gasteiger charge is -2.33. The van der Waals surface area contributed by atoms with Gasteiger partial charge in [0.2, 0.25) is 10.0 Å². The second-order valence-electron chi connectivity index (χ2n) is 5.15. The molecule has 0 unspecified atom stereocenters. The molecule has 0 aromatic heterocycles. The van der Waals surface area contributed by atoms with Crippen molar-refractivity contribution >= 4 is 20.8 Å². The van der Waals surface area contributed by atoms with Crippen molar-refractivity contribution < 1.29 is 8.42 Å². The molecule has 2 aromatic carbocycles. The number of benzene rings is 2. The van der Waals surface area contributed by atoms with E-state index < -0.39 is 10.0 Å². The first-order valence-electron chi connectivity index (χ1n) is 6.81. The topological polar surface area (TPSA) is 49.4 Å². The van der Waals surface area contributed by atoms with Gasteiger partial charge in [0, 0.05) is 31.1 Å². The second-order valence-corrected chi connectivity index (χ2v) is 7.01. The highest BCUT2D eigenvalue weighted by atomic mass is 32.2. The molecule has 0 bridgehead atoms. The van der Waals surface area contributed by atoms with Gasteiger partial charge < -0.3 is 5.32 Å². The Morgan fingerprint density at radius 2 is 1.90 bits per heavy atom. The zero-order valence-electron chi connectivity index (χ0n) is 11.4. The van der Waals surface area contributed by atoms with Gasteiger partial charge in [-0.3, -0.25) is 0 Å². The Hall–Kier alpha value is -1.43. The van der Waals surface area contributed by atoms with Gasteiger partial charge in [-0.1, -0.05) is 36.4 Å². The predicted octanol–water partition coefficient (Wildman–Crippen LogP) is 1.82. The van der Waals surface area contributed by atoms with Gasteiger partial charge >= 0.3 is 0 Å². The number of nitrogens with zero attached hydrogens (tertiary/aromatic N) is 1. The average molecular weight is 290 g/mol. The van der Waals surface area contributed by atoms with Crippen LogP contribution in [0.3, 0.4) is 0 Å². The van der Waals surface area contributed by atoms with E-state index in [9.17, 15) is 8.42 Å². The summed E-state index contributed by atoms with van der Waals surface area (Å²) in [6.07, 6.45) is 0. The van der Waals surface area contributed by atoms with Gasteiger partial charge in [-0.15, -0.1) is 0 Å². The van der Waals surface area contributed by atoms with Gasteiger partial charge in [0.25, 0.3) is 0 Å².